The minimum Gasteiger partial charge on any atom is -0.508 e. The minimum absolute atomic E-state index is 0.156. The number of phenolic OH excluding ortho intramolecular Hbond substituents is 1. The van der Waals surface area contributed by atoms with Crippen molar-refractivity contribution in [3.8, 4) is 5.75 Å². The summed E-state index contributed by atoms with van der Waals surface area (Å²) in [5.74, 6) is 2.39. The highest BCUT2D eigenvalue weighted by Gasteiger charge is 2.18. The number of fused-ring (bicyclic) bond motifs is 1. The molecule has 2 N–H and O–H groups in total. The number of benzene rings is 1. The Morgan fingerprint density at radius 1 is 1.26 bits per heavy atom. The van der Waals surface area contributed by atoms with Gasteiger partial charge in [0.2, 0.25) is 5.16 Å². The van der Waals surface area contributed by atoms with E-state index >= 15 is 0 Å². The smallest absolute Gasteiger partial charge is 0.336 e. The number of nitrogens with one attached hydrogen (secondary N) is 1. The molecule has 0 bridgehead atoms. The second kappa shape index (κ2) is 7.76. The third-order valence-electron chi connectivity index (χ3n) is 5.24. The summed E-state index contributed by atoms with van der Waals surface area (Å²) in [6.07, 6.45) is 6.87. The van der Waals surface area contributed by atoms with Gasteiger partial charge < -0.3 is 9.52 Å². The van der Waals surface area contributed by atoms with E-state index in [9.17, 15) is 9.90 Å². The first kappa shape index (κ1) is 18.1. The monoisotopic (exact) mass is 385 g/mol. The van der Waals surface area contributed by atoms with E-state index in [2.05, 4.69) is 15.2 Å². The van der Waals surface area contributed by atoms with Gasteiger partial charge in [-0.15, -0.1) is 5.10 Å². The maximum absolute atomic E-state index is 11.9. The summed E-state index contributed by atoms with van der Waals surface area (Å²) in [6, 6.07) is 4.93. The molecule has 27 heavy (non-hydrogen) atoms. The number of H-pyrrole nitrogens is 1. The standard InChI is InChI=1S/C20H23N3O3S/c1-2-13-8-15-14(9-19(25)26-17(15)10-16(13)24)11-27-20-21-18(22-23-20)7-12-5-3-4-6-12/h8-10,12,24H,2-7,11H2,1H3,(H,21,22,23). The van der Waals surface area contributed by atoms with Crippen molar-refractivity contribution in [3.63, 3.8) is 0 Å². The van der Waals surface area contributed by atoms with Crippen LogP contribution in [0.1, 0.15) is 49.6 Å². The van der Waals surface area contributed by atoms with Crippen molar-refractivity contribution in [2.45, 2.75) is 56.4 Å². The lowest BCUT2D eigenvalue weighted by Gasteiger charge is -2.07. The molecule has 4 rings (SSSR count). The topological polar surface area (TPSA) is 92.0 Å². The quantitative estimate of drug-likeness (QED) is 0.488. The molecule has 1 aliphatic rings. The number of nitrogens with zero attached hydrogens (tertiary/aromatic N) is 2. The highest BCUT2D eigenvalue weighted by Crippen LogP contribution is 2.30. The third kappa shape index (κ3) is 4.03. The fourth-order valence-corrected chi connectivity index (χ4v) is 4.58. The molecule has 1 saturated carbocycles. The van der Waals surface area contributed by atoms with Gasteiger partial charge in [-0.25, -0.2) is 9.78 Å². The van der Waals surface area contributed by atoms with Gasteiger partial charge in [-0.05, 0) is 29.5 Å². The fraction of sp³-hybridized carbons (Fsp3) is 0.450. The molecule has 0 unspecified atom stereocenters. The maximum Gasteiger partial charge on any atom is 0.336 e. The number of phenols is 1. The SMILES string of the molecule is CCc1cc2c(CSc3n[nH]c(CC4CCCC4)n3)cc(=O)oc2cc1O. The molecular formula is C20H23N3O3S. The molecular weight excluding hydrogens is 362 g/mol. The van der Waals surface area contributed by atoms with Gasteiger partial charge in [0, 0.05) is 29.7 Å². The molecule has 142 valence electrons. The summed E-state index contributed by atoms with van der Waals surface area (Å²) in [4.78, 5) is 16.5. The highest BCUT2D eigenvalue weighted by molar-refractivity contribution is 7.98. The van der Waals surface area contributed by atoms with Crippen LogP contribution in [0, 0.1) is 5.92 Å². The van der Waals surface area contributed by atoms with Crippen LogP contribution >= 0.6 is 11.8 Å². The van der Waals surface area contributed by atoms with E-state index in [1.54, 1.807) is 0 Å². The van der Waals surface area contributed by atoms with Gasteiger partial charge in [0.05, 0.1) is 0 Å². The maximum atomic E-state index is 11.9. The molecule has 3 aromatic rings. The van der Waals surface area contributed by atoms with Gasteiger partial charge in [-0.1, -0.05) is 44.4 Å². The van der Waals surface area contributed by atoms with Gasteiger partial charge in [0.15, 0.2) is 0 Å². The van der Waals surface area contributed by atoms with Crippen LogP contribution in [-0.4, -0.2) is 20.3 Å². The first-order valence-corrected chi connectivity index (χ1v) is 10.4. The van der Waals surface area contributed by atoms with E-state index in [0.717, 1.165) is 34.7 Å². The van der Waals surface area contributed by atoms with Crippen LogP contribution in [0.2, 0.25) is 0 Å². The minimum atomic E-state index is -0.418. The number of thioether (sulfide) groups is 1. The molecule has 0 aliphatic heterocycles. The number of hydrogen-bond acceptors (Lipinski definition) is 6. The molecule has 2 aromatic heterocycles. The van der Waals surface area contributed by atoms with Gasteiger partial charge in [-0.2, -0.15) is 0 Å². The van der Waals surface area contributed by atoms with Crippen LogP contribution in [0.4, 0.5) is 0 Å². The first-order valence-electron chi connectivity index (χ1n) is 9.45. The van der Waals surface area contributed by atoms with E-state index in [0.29, 0.717) is 22.9 Å². The Bertz CT molecular complexity index is 1010. The van der Waals surface area contributed by atoms with Gasteiger partial charge in [0.1, 0.15) is 17.2 Å². The van der Waals surface area contributed by atoms with Crippen LogP contribution in [0.25, 0.3) is 11.0 Å². The van der Waals surface area contributed by atoms with Crippen molar-refractivity contribution in [2.24, 2.45) is 5.92 Å². The van der Waals surface area contributed by atoms with E-state index in [1.165, 1.54) is 49.6 Å². The summed E-state index contributed by atoms with van der Waals surface area (Å²) in [5, 5.41) is 18.9. The summed E-state index contributed by atoms with van der Waals surface area (Å²) in [6.45, 7) is 1.98. The van der Waals surface area contributed by atoms with Gasteiger partial charge >= 0.3 is 5.63 Å². The molecule has 1 aromatic carbocycles. The van der Waals surface area contributed by atoms with Crippen LogP contribution < -0.4 is 5.63 Å². The number of hydrogen-bond donors (Lipinski definition) is 2. The Kier molecular flexibility index (Phi) is 5.20. The average Bonchev–Trinajstić information content (AvgIpc) is 3.31. The second-order valence-corrected chi connectivity index (χ2v) is 8.07. The average molecular weight is 385 g/mol. The molecule has 0 atom stereocenters. The van der Waals surface area contributed by atoms with E-state index in [1.807, 2.05) is 13.0 Å². The Balaban J connectivity index is 1.53. The summed E-state index contributed by atoms with van der Waals surface area (Å²) >= 11 is 1.50. The molecule has 0 radical (unpaired) electrons. The Morgan fingerprint density at radius 3 is 2.85 bits per heavy atom. The number of aromatic hydroxyl groups is 1. The zero-order chi connectivity index (χ0) is 18.8. The highest BCUT2D eigenvalue weighted by atomic mass is 32.2. The molecule has 2 heterocycles. The van der Waals surface area contributed by atoms with E-state index in [4.69, 9.17) is 4.42 Å². The van der Waals surface area contributed by atoms with Crippen molar-refractivity contribution in [1.82, 2.24) is 15.2 Å². The lowest BCUT2D eigenvalue weighted by molar-refractivity contribution is 0.466. The number of aromatic amines is 1. The molecule has 6 nitrogen and oxygen atoms in total. The van der Waals surface area contributed by atoms with Crippen LogP contribution in [0.15, 0.2) is 32.6 Å². The van der Waals surface area contributed by atoms with Crippen LogP contribution in [0.5, 0.6) is 5.75 Å². The predicted molar refractivity (Wildman–Crippen MR) is 105 cm³/mol. The summed E-state index contributed by atoms with van der Waals surface area (Å²) < 4.78 is 5.25. The van der Waals surface area contributed by atoms with Crippen LogP contribution in [0.3, 0.4) is 0 Å². The second-order valence-electron chi connectivity index (χ2n) is 7.13. The van der Waals surface area contributed by atoms with E-state index < -0.39 is 5.63 Å². The third-order valence-corrected chi connectivity index (χ3v) is 6.13. The molecule has 7 heteroatoms. The van der Waals surface area contributed by atoms with Crippen LogP contribution in [-0.2, 0) is 18.6 Å². The molecule has 0 amide bonds. The van der Waals surface area contributed by atoms with Crippen molar-refractivity contribution in [1.29, 1.82) is 0 Å². The number of rotatable bonds is 6. The lowest BCUT2D eigenvalue weighted by Crippen LogP contribution is -2.01. The summed E-state index contributed by atoms with van der Waals surface area (Å²) in [5.41, 5.74) is 1.69. The normalized spacial score (nSPS) is 15.0. The fourth-order valence-electron chi connectivity index (χ4n) is 3.77. The lowest BCUT2D eigenvalue weighted by atomic mass is 10.0. The Hall–Kier alpha value is -2.28. The van der Waals surface area contributed by atoms with E-state index in [-0.39, 0.29) is 5.75 Å². The molecule has 0 spiro atoms. The van der Waals surface area contributed by atoms with Crippen molar-refractivity contribution in [2.75, 3.05) is 0 Å². The first-order chi connectivity index (χ1) is 13.1. The molecule has 1 fully saturated rings. The number of aryl methyl sites for hydroxylation is 1. The van der Waals surface area contributed by atoms with Crippen molar-refractivity contribution < 1.29 is 9.52 Å². The van der Waals surface area contributed by atoms with Crippen molar-refractivity contribution in [3.05, 3.63) is 45.6 Å². The van der Waals surface area contributed by atoms with Gasteiger partial charge in [-0.3, -0.25) is 5.10 Å². The zero-order valence-electron chi connectivity index (χ0n) is 15.3. The van der Waals surface area contributed by atoms with Gasteiger partial charge in [0.25, 0.3) is 0 Å². The predicted octanol–water partition coefficient (Wildman–Crippen LogP) is 4.20. The Morgan fingerprint density at radius 2 is 2.07 bits per heavy atom. The number of aromatic nitrogens is 3. The molecule has 1 aliphatic carbocycles. The van der Waals surface area contributed by atoms with Crippen molar-refractivity contribution >= 4 is 22.7 Å². The summed E-state index contributed by atoms with van der Waals surface area (Å²) in [7, 11) is 0. The zero-order valence-corrected chi connectivity index (χ0v) is 16.1. The Labute approximate surface area is 161 Å². The largest absolute Gasteiger partial charge is 0.508 e. The molecule has 0 saturated heterocycles.